The molecule has 0 aliphatic carbocycles. The van der Waals surface area contributed by atoms with Gasteiger partial charge in [0.15, 0.2) is 0 Å². The van der Waals surface area contributed by atoms with E-state index in [1.54, 1.807) is 13.3 Å². The third-order valence-corrected chi connectivity index (χ3v) is 6.37. The molecule has 4 heterocycles. The van der Waals surface area contributed by atoms with E-state index in [0.717, 1.165) is 41.7 Å². The first-order valence-corrected chi connectivity index (χ1v) is 9.04. The van der Waals surface area contributed by atoms with Gasteiger partial charge in [0.05, 0.1) is 18.7 Å². The molecular weight excluding hydrogens is 312 g/mol. The Morgan fingerprint density at radius 1 is 1.44 bits per heavy atom. The van der Waals surface area contributed by atoms with Crippen molar-refractivity contribution >= 4 is 10.9 Å². The van der Waals surface area contributed by atoms with E-state index in [2.05, 4.69) is 29.5 Å². The van der Waals surface area contributed by atoms with Crippen molar-refractivity contribution in [1.82, 2.24) is 9.88 Å². The number of aliphatic hydroxyl groups excluding tert-OH is 1. The lowest BCUT2D eigenvalue weighted by atomic mass is 9.65. The zero-order valence-electron chi connectivity index (χ0n) is 15.0. The Hall–Kier alpha value is -1.91. The van der Waals surface area contributed by atoms with Gasteiger partial charge in [0, 0.05) is 29.6 Å². The summed E-state index contributed by atoms with van der Waals surface area (Å²) in [4.78, 5) is 6.88. The van der Waals surface area contributed by atoms with Gasteiger partial charge >= 0.3 is 0 Å². The van der Waals surface area contributed by atoms with Gasteiger partial charge in [-0.15, -0.1) is 6.58 Å². The van der Waals surface area contributed by atoms with Gasteiger partial charge in [0.1, 0.15) is 5.75 Å². The van der Waals surface area contributed by atoms with Crippen LogP contribution in [0.5, 0.6) is 5.75 Å². The van der Waals surface area contributed by atoms with Crippen LogP contribution >= 0.6 is 0 Å². The van der Waals surface area contributed by atoms with Crippen molar-refractivity contribution in [3.05, 3.63) is 48.7 Å². The molecule has 132 valence electrons. The van der Waals surface area contributed by atoms with Crippen molar-refractivity contribution < 1.29 is 9.84 Å². The summed E-state index contributed by atoms with van der Waals surface area (Å²) >= 11 is 0. The van der Waals surface area contributed by atoms with Gasteiger partial charge < -0.3 is 9.84 Å². The van der Waals surface area contributed by atoms with Crippen LogP contribution in [-0.2, 0) is 0 Å². The number of aromatic nitrogens is 1. The zero-order valence-corrected chi connectivity index (χ0v) is 15.0. The molecule has 5 rings (SSSR count). The molecule has 3 fully saturated rings. The number of nitrogens with zero attached hydrogens (tertiary/aromatic N) is 2. The maximum atomic E-state index is 11.2. The third kappa shape index (κ3) is 2.64. The van der Waals surface area contributed by atoms with Gasteiger partial charge in [0.2, 0.25) is 0 Å². The van der Waals surface area contributed by atoms with E-state index in [0.29, 0.717) is 5.92 Å². The fourth-order valence-corrected chi connectivity index (χ4v) is 4.71. The van der Waals surface area contributed by atoms with Gasteiger partial charge in [0.25, 0.3) is 0 Å². The second-order valence-electron chi connectivity index (χ2n) is 7.70. The van der Waals surface area contributed by atoms with Gasteiger partial charge in [-0.25, -0.2) is 0 Å². The van der Waals surface area contributed by atoms with E-state index in [-0.39, 0.29) is 11.5 Å². The molecule has 0 amide bonds. The molecule has 1 N–H and O–H groups in total. The van der Waals surface area contributed by atoms with Gasteiger partial charge in [-0.3, -0.25) is 9.88 Å². The minimum atomic E-state index is -0.519. The lowest BCUT2D eigenvalue weighted by molar-refractivity contribution is -0.0759. The topological polar surface area (TPSA) is 45.6 Å². The third-order valence-electron chi connectivity index (χ3n) is 6.37. The average molecular weight is 338 g/mol. The first-order valence-electron chi connectivity index (χ1n) is 9.04. The number of benzene rings is 1. The SMILES string of the molecule is C=C[C@@]1(C)CN2CCC1C[C@H]2[C@H](O)c1ccnc2ccc(OC)cc12. The molecule has 4 nitrogen and oxygen atoms in total. The summed E-state index contributed by atoms with van der Waals surface area (Å²) in [6.07, 6.45) is 5.58. The summed E-state index contributed by atoms with van der Waals surface area (Å²) in [7, 11) is 1.66. The number of hydrogen-bond acceptors (Lipinski definition) is 4. The molecule has 1 aromatic carbocycles. The second-order valence-corrected chi connectivity index (χ2v) is 7.70. The van der Waals surface area contributed by atoms with E-state index in [1.165, 1.54) is 6.42 Å². The lowest BCUT2D eigenvalue weighted by Gasteiger charge is -2.55. The minimum Gasteiger partial charge on any atom is -0.497 e. The van der Waals surface area contributed by atoms with Crippen LogP contribution in [-0.4, -0.2) is 41.2 Å². The molecule has 25 heavy (non-hydrogen) atoms. The number of fused-ring (bicyclic) bond motifs is 4. The maximum Gasteiger partial charge on any atom is 0.119 e. The Morgan fingerprint density at radius 2 is 2.28 bits per heavy atom. The molecule has 5 atom stereocenters. The quantitative estimate of drug-likeness (QED) is 0.866. The molecule has 2 aromatic rings. The zero-order chi connectivity index (χ0) is 17.6. The van der Waals surface area contributed by atoms with Crippen LogP contribution in [0.1, 0.15) is 31.4 Å². The highest BCUT2D eigenvalue weighted by Gasteiger charge is 2.47. The number of aliphatic hydroxyl groups is 1. The monoisotopic (exact) mass is 338 g/mol. The number of ether oxygens (including phenoxy) is 1. The second kappa shape index (κ2) is 6.11. The summed E-state index contributed by atoms with van der Waals surface area (Å²) in [6, 6.07) is 7.94. The highest BCUT2D eigenvalue weighted by atomic mass is 16.5. The standard InChI is InChI=1S/C21H26N2O2/c1-4-21(2)13-23-10-8-14(21)11-19(23)20(24)16-7-9-22-18-6-5-15(25-3)12-17(16)18/h4-7,9,12,14,19-20,24H,1,8,10-11,13H2,2-3H3/t14?,19-,20+,21-/m0/s1. The Bertz CT molecular complexity index is 806. The summed E-state index contributed by atoms with van der Waals surface area (Å²) in [5, 5.41) is 12.2. The summed E-state index contributed by atoms with van der Waals surface area (Å²) in [6.45, 7) is 8.39. The van der Waals surface area contributed by atoms with E-state index in [4.69, 9.17) is 4.74 Å². The fraction of sp³-hybridized carbons (Fsp3) is 0.476. The van der Waals surface area contributed by atoms with E-state index in [1.807, 2.05) is 24.3 Å². The van der Waals surface area contributed by atoms with Crippen molar-refractivity contribution in [3.8, 4) is 5.75 Å². The van der Waals surface area contributed by atoms with Crippen LogP contribution in [0.4, 0.5) is 0 Å². The highest BCUT2D eigenvalue weighted by molar-refractivity contribution is 5.83. The molecule has 1 aromatic heterocycles. The minimum absolute atomic E-state index is 0.156. The van der Waals surface area contributed by atoms with Crippen molar-refractivity contribution in [2.24, 2.45) is 11.3 Å². The molecule has 3 aliphatic heterocycles. The fourth-order valence-electron chi connectivity index (χ4n) is 4.71. The van der Waals surface area contributed by atoms with Crippen LogP contribution < -0.4 is 4.74 Å². The molecule has 4 heteroatoms. The molecule has 0 saturated carbocycles. The Balaban J connectivity index is 1.69. The Labute approximate surface area is 149 Å². The van der Waals surface area contributed by atoms with Crippen LogP contribution in [0.15, 0.2) is 43.1 Å². The molecule has 2 unspecified atom stereocenters. The maximum absolute atomic E-state index is 11.2. The van der Waals surface area contributed by atoms with Crippen molar-refractivity contribution in [1.29, 1.82) is 0 Å². The Morgan fingerprint density at radius 3 is 2.96 bits per heavy atom. The van der Waals surface area contributed by atoms with E-state index in [9.17, 15) is 5.11 Å². The smallest absolute Gasteiger partial charge is 0.119 e. The molecule has 0 radical (unpaired) electrons. The van der Waals surface area contributed by atoms with Gasteiger partial charge in [-0.1, -0.05) is 13.0 Å². The largest absolute Gasteiger partial charge is 0.497 e. The summed E-state index contributed by atoms with van der Waals surface area (Å²) in [5.74, 6) is 1.39. The first kappa shape index (κ1) is 16.6. The van der Waals surface area contributed by atoms with Crippen LogP contribution in [0.2, 0.25) is 0 Å². The number of pyridine rings is 1. The van der Waals surface area contributed by atoms with Crippen molar-refractivity contribution in [2.75, 3.05) is 20.2 Å². The van der Waals surface area contributed by atoms with Crippen LogP contribution in [0.3, 0.4) is 0 Å². The predicted octanol–water partition coefficient (Wildman–Crippen LogP) is 3.56. The number of piperidine rings is 3. The average Bonchev–Trinajstić information content (AvgIpc) is 2.66. The lowest BCUT2D eigenvalue weighted by Crippen LogP contribution is -2.58. The molecule has 2 bridgehead atoms. The first-order chi connectivity index (χ1) is 12.1. The number of methoxy groups -OCH3 is 1. The van der Waals surface area contributed by atoms with Crippen LogP contribution in [0.25, 0.3) is 10.9 Å². The molecular formula is C21H26N2O2. The molecule has 0 spiro atoms. The number of rotatable bonds is 4. The van der Waals surface area contributed by atoms with Crippen LogP contribution in [0, 0.1) is 11.3 Å². The van der Waals surface area contributed by atoms with E-state index < -0.39 is 6.10 Å². The summed E-state index contributed by atoms with van der Waals surface area (Å²) in [5.41, 5.74) is 2.00. The number of hydrogen-bond donors (Lipinski definition) is 1. The van der Waals surface area contributed by atoms with Crippen molar-refractivity contribution in [3.63, 3.8) is 0 Å². The highest BCUT2D eigenvalue weighted by Crippen LogP contribution is 2.48. The normalized spacial score (nSPS) is 32.5. The Kier molecular flexibility index (Phi) is 4.05. The summed E-state index contributed by atoms with van der Waals surface area (Å²) < 4.78 is 5.36. The van der Waals surface area contributed by atoms with Gasteiger partial charge in [-0.05, 0) is 55.1 Å². The van der Waals surface area contributed by atoms with Gasteiger partial charge in [-0.2, -0.15) is 0 Å². The predicted molar refractivity (Wildman–Crippen MR) is 99.6 cm³/mol. The molecule has 3 saturated heterocycles. The van der Waals surface area contributed by atoms with Crippen molar-refractivity contribution in [2.45, 2.75) is 31.9 Å². The molecule has 3 aliphatic rings. The van der Waals surface area contributed by atoms with E-state index >= 15 is 0 Å².